The molecule has 1 aliphatic heterocycles. The molecule has 0 bridgehead atoms. The molecule has 1 amide bonds. The Balaban J connectivity index is 1.47. The highest BCUT2D eigenvalue weighted by Gasteiger charge is 2.25. The molecule has 1 aromatic heterocycles. The first-order valence-corrected chi connectivity index (χ1v) is 9.36. The summed E-state index contributed by atoms with van der Waals surface area (Å²) in [5, 5.41) is 0.269. The van der Waals surface area contributed by atoms with Crippen LogP contribution in [0.25, 0.3) is 10.9 Å². The van der Waals surface area contributed by atoms with Gasteiger partial charge in [0.25, 0.3) is 5.56 Å². The van der Waals surface area contributed by atoms with Crippen LogP contribution in [0.5, 0.6) is 11.5 Å². The number of likely N-dealkylation sites (N-methyl/N-ethyl adjacent to an activating group) is 1. The second-order valence-corrected chi connectivity index (χ2v) is 6.77. The number of amides is 1. The number of nitrogens with zero attached hydrogens (tertiary/aromatic N) is 3. The van der Waals surface area contributed by atoms with Crippen molar-refractivity contribution in [3.8, 4) is 11.5 Å². The molecule has 0 N–H and O–H groups in total. The molecule has 4 rings (SSSR count). The fraction of sp³-hybridized carbons (Fsp3) is 0.286. The number of hydrogen-bond acceptors (Lipinski definition) is 5. The lowest BCUT2D eigenvalue weighted by Gasteiger charge is -2.31. The van der Waals surface area contributed by atoms with Crippen molar-refractivity contribution in [3.63, 3.8) is 0 Å². The van der Waals surface area contributed by atoms with Crippen LogP contribution in [0.4, 0.5) is 4.39 Å². The van der Waals surface area contributed by atoms with Crippen molar-refractivity contribution in [2.45, 2.75) is 19.6 Å². The van der Waals surface area contributed by atoms with Crippen LogP contribution < -0.4 is 15.0 Å². The summed E-state index contributed by atoms with van der Waals surface area (Å²) in [4.78, 5) is 31.1. The van der Waals surface area contributed by atoms with Gasteiger partial charge in [-0.2, -0.15) is 0 Å². The Morgan fingerprint density at radius 3 is 2.86 bits per heavy atom. The summed E-state index contributed by atoms with van der Waals surface area (Å²) in [6.07, 6.45) is 0.968. The summed E-state index contributed by atoms with van der Waals surface area (Å²) < 4.78 is 26.2. The molecule has 7 nitrogen and oxygen atoms in total. The lowest BCUT2D eigenvalue weighted by Crippen LogP contribution is -2.45. The van der Waals surface area contributed by atoms with Gasteiger partial charge in [0.05, 0.1) is 23.8 Å². The molecule has 8 heteroatoms. The Kier molecular flexibility index (Phi) is 5.16. The van der Waals surface area contributed by atoms with Crippen LogP contribution in [0.1, 0.15) is 6.92 Å². The molecule has 1 unspecified atom stereocenters. The third-order valence-electron chi connectivity index (χ3n) is 4.82. The molecule has 3 aromatic rings. The standard InChI is InChI=1S/C21H20FN3O4/c1-2-24(10-15-12-28-18-5-3-4-6-19(18)29-15)20(26)11-25-13-23-17-9-14(22)7-8-16(17)21(25)27/h3-9,13,15H,2,10-12H2,1H3. The molecule has 1 aliphatic rings. The van der Waals surface area contributed by atoms with E-state index in [9.17, 15) is 14.0 Å². The zero-order valence-corrected chi connectivity index (χ0v) is 15.9. The zero-order chi connectivity index (χ0) is 20.4. The predicted molar refractivity (Wildman–Crippen MR) is 105 cm³/mol. The minimum absolute atomic E-state index is 0.156. The quantitative estimate of drug-likeness (QED) is 0.660. The monoisotopic (exact) mass is 397 g/mol. The van der Waals surface area contributed by atoms with Crippen LogP contribution >= 0.6 is 0 Å². The summed E-state index contributed by atoms with van der Waals surface area (Å²) in [6, 6.07) is 11.2. The highest BCUT2D eigenvalue weighted by atomic mass is 19.1. The van der Waals surface area contributed by atoms with Gasteiger partial charge >= 0.3 is 0 Å². The van der Waals surface area contributed by atoms with Gasteiger partial charge in [0, 0.05) is 12.6 Å². The molecule has 0 aliphatic carbocycles. The third kappa shape index (κ3) is 3.91. The number of para-hydroxylation sites is 2. The first-order chi connectivity index (χ1) is 14.0. The van der Waals surface area contributed by atoms with Crippen molar-refractivity contribution in [1.82, 2.24) is 14.5 Å². The van der Waals surface area contributed by atoms with Crippen molar-refractivity contribution >= 4 is 16.8 Å². The van der Waals surface area contributed by atoms with Crippen LogP contribution in [-0.4, -0.2) is 46.2 Å². The van der Waals surface area contributed by atoms with Gasteiger partial charge in [0.15, 0.2) is 17.6 Å². The van der Waals surface area contributed by atoms with E-state index in [2.05, 4.69) is 4.98 Å². The minimum Gasteiger partial charge on any atom is -0.486 e. The number of rotatable bonds is 5. The molecule has 0 fully saturated rings. The summed E-state index contributed by atoms with van der Waals surface area (Å²) >= 11 is 0. The summed E-state index contributed by atoms with van der Waals surface area (Å²) in [5.41, 5.74) is -0.122. The highest BCUT2D eigenvalue weighted by Crippen LogP contribution is 2.31. The topological polar surface area (TPSA) is 73.7 Å². The fourth-order valence-electron chi connectivity index (χ4n) is 3.30. The van der Waals surface area contributed by atoms with E-state index >= 15 is 0 Å². The maximum atomic E-state index is 13.3. The molecule has 0 spiro atoms. The van der Waals surface area contributed by atoms with Gasteiger partial charge in [-0.3, -0.25) is 14.2 Å². The summed E-state index contributed by atoms with van der Waals surface area (Å²) in [5.74, 6) is 0.629. The molecule has 1 atom stereocenters. The van der Waals surface area contributed by atoms with E-state index in [1.165, 1.54) is 29.1 Å². The lowest BCUT2D eigenvalue weighted by atomic mass is 10.2. The highest BCUT2D eigenvalue weighted by molar-refractivity contribution is 5.79. The molecule has 0 saturated heterocycles. The molecular weight excluding hydrogens is 377 g/mol. The SMILES string of the molecule is CCN(CC1COc2ccccc2O1)C(=O)Cn1cnc2cc(F)ccc2c1=O. The van der Waals surface area contributed by atoms with Crippen molar-refractivity contribution < 1.29 is 18.7 Å². The van der Waals surface area contributed by atoms with E-state index in [1.54, 1.807) is 4.90 Å². The molecule has 29 heavy (non-hydrogen) atoms. The largest absolute Gasteiger partial charge is 0.486 e. The molecule has 0 radical (unpaired) electrons. The smallest absolute Gasteiger partial charge is 0.261 e. The van der Waals surface area contributed by atoms with Gasteiger partial charge < -0.3 is 14.4 Å². The van der Waals surface area contributed by atoms with Crippen molar-refractivity contribution in [2.24, 2.45) is 0 Å². The van der Waals surface area contributed by atoms with E-state index in [0.717, 1.165) is 0 Å². The van der Waals surface area contributed by atoms with E-state index in [-0.39, 0.29) is 35.0 Å². The summed E-state index contributed by atoms with van der Waals surface area (Å²) in [6.45, 7) is 2.84. The van der Waals surface area contributed by atoms with Gasteiger partial charge in [-0.15, -0.1) is 0 Å². The first-order valence-electron chi connectivity index (χ1n) is 9.36. The van der Waals surface area contributed by atoms with Crippen LogP contribution in [0.3, 0.4) is 0 Å². The Bertz CT molecular complexity index is 1110. The molecular formula is C21H20FN3O4. The maximum Gasteiger partial charge on any atom is 0.261 e. The lowest BCUT2D eigenvalue weighted by molar-refractivity contribution is -0.133. The number of halogens is 1. The predicted octanol–water partition coefficient (Wildman–Crippen LogP) is 2.22. The van der Waals surface area contributed by atoms with Crippen LogP contribution in [0.2, 0.25) is 0 Å². The summed E-state index contributed by atoms with van der Waals surface area (Å²) in [7, 11) is 0. The Labute approximate surface area is 166 Å². The van der Waals surface area contributed by atoms with Crippen molar-refractivity contribution in [2.75, 3.05) is 19.7 Å². The molecule has 150 valence electrons. The van der Waals surface area contributed by atoms with E-state index in [4.69, 9.17) is 9.47 Å². The third-order valence-corrected chi connectivity index (χ3v) is 4.82. The van der Waals surface area contributed by atoms with Gasteiger partial charge in [0.2, 0.25) is 5.91 Å². The second-order valence-electron chi connectivity index (χ2n) is 6.77. The number of fused-ring (bicyclic) bond motifs is 2. The van der Waals surface area contributed by atoms with Gasteiger partial charge in [0.1, 0.15) is 19.0 Å². The van der Waals surface area contributed by atoms with Crippen LogP contribution in [-0.2, 0) is 11.3 Å². The maximum absolute atomic E-state index is 13.3. The fourth-order valence-corrected chi connectivity index (χ4v) is 3.30. The number of carbonyl (C=O) groups is 1. The van der Waals surface area contributed by atoms with Crippen molar-refractivity contribution in [1.29, 1.82) is 0 Å². The Hall–Kier alpha value is -3.42. The Morgan fingerprint density at radius 1 is 1.28 bits per heavy atom. The zero-order valence-electron chi connectivity index (χ0n) is 15.9. The van der Waals surface area contributed by atoms with Gasteiger partial charge in [-0.05, 0) is 31.2 Å². The van der Waals surface area contributed by atoms with Gasteiger partial charge in [-0.25, -0.2) is 9.37 Å². The number of ether oxygens (including phenoxy) is 2. The number of aromatic nitrogens is 2. The number of carbonyl (C=O) groups excluding carboxylic acids is 1. The molecule has 2 heterocycles. The number of benzene rings is 2. The number of hydrogen-bond donors (Lipinski definition) is 0. The van der Waals surface area contributed by atoms with E-state index in [1.807, 2.05) is 31.2 Å². The molecule has 2 aromatic carbocycles. The van der Waals surface area contributed by atoms with Crippen LogP contribution in [0, 0.1) is 5.82 Å². The molecule has 0 saturated carbocycles. The second kappa shape index (κ2) is 7.90. The van der Waals surface area contributed by atoms with E-state index < -0.39 is 5.82 Å². The first kappa shape index (κ1) is 18.9. The average molecular weight is 397 g/mol. The van der Waals surface area contributed by atoms with Crippen molar-refractivity contribution in [3.05, 3.63) is 65.0 Å². The minimum atomic E-state index is -0.466. The average Bonchev–Trinajstić information content (AvgIpc) is 2.73. The Morgan fingerprint density at radius 2 is 2.07 bits per heavy atom. The van der Waals surface area contributed by atoms with Gasteiger partial charge in [-0.1, -0.05) is 12.1 Å². The van der Waals surface area contributed by atoms with Crippen LogP contribution in [0.15, 0.2) is 53.6 Å². The normalized spacial score (nSPS) is 15.3. The van der Waals surface area contributed by atoms with E-state index in [0.29, 0.717) is 31.2 Å².